The molecular formula is C15H30N2O. The van der Waals surface area contributed by atoms with Gasteiger partial charge in [0.15, 0.2) is 0 Å². The van der Waals surface area contributed by atoms with E-state index in [1.807, 2.05) is 0 Å². The Morgan fingerprint density at radius 1 is 1.17 bits per heavy atom. The van der Waals surface area contributed by atoms with Gasteiger partial charge in [0.05, 0.1) is 6.61 Å². The molecule has 0 radical (unpaired) electrons. The number of ether oxygens (including phenoxy) is 1. The van der Waals surface area contributed by atoms with Crippen LogP contribution in [0.3, 0.4) is 0 Å². The van der Waals surface area contributed by atoms with E-state index in [0.717, 1.165) is 31.2 Å². The first-order valence-corrected chi connectivity index (χ1v) is 7.81. The predicted octanol–water partition coefficient (Wildman–Crippen LogP) is 2.27. The summed E-state index contributed by atoms with van der Waals surface area (Å²) in [5, 5.41) is 3.67. The van der Waals surface area contributed by atoms with Crippen LogP contribution in [-0.4, -0.2) is 50.3 Å². The average molecular weight is 254 g/mol. The zero-order valence-corrected chi connectivity index (χ0v) is 12.2. The van der Waals surface area contributed by atoms with Gasteiger partial charge in [-0.1, -0.05) is 6.92 Å². The van der Waals surface area contributed by atoms with Gasteiger partial charge in [-0.15, -0.1) is 0 Å². The molecule has 0 amide bonds. The molecule has 1 saturated carbocycles. The summed E-state index contributed by atoms with van der Waals surface area (Å²) in [6.45, 7) is 6.63. The Morgan fingerprint density at radius 2 is 1.94 bits per heavy atom. The maximum atomic E-state index is 5.47. The fourth-order valence-corrected chi connectivity index (χ4v) is 3.35. The smallest absolute Gasteiger partial charge is 0.0507 e. The van der Waals surface area contributed by atoms with E-state index < -0.39 is 0 Å². The van der Waals surface area contributed by atoms with E-state index in [4.69, 9.17) is 4.74 Å². The second-order valence-corrected chi connectivity index (χ2v) is 6.13. The van der Waals surface area contributed by atoms with Gasteiger partial charge < -0.3 is 15.0 Å². The highest BCUT2D eigenvalue weighted by Crippen LogP contribution is 2.24. The van der Waals surface area contributed by atoms with Gasteiger partial charge in [-0.25, -0.2) is 0 Å². The van der Waals surface area contributed by atoms with Gasteiger partial charge >= 0.3 is 0 Å². The zero-order chi connectivity index (χ0) is 12.8. The van der Waals surface area contributed by atoms with E-state index in [1.54, 1.807) is 0 Å². The van der Waals surface area contributed by atoms with Crippen LogP contribution in [0.4, 0.5) is 0 Å². The van der Waals surface area contributed by atoms with Crippen LogP contribution in [0.25, 0.3) is 0 Å². The number of rotatable bonds is 6. The normalized spacial score (nSPS) is 33.2. The Kier molecular flexibility index (Phi) is 5.93. The van der Waals surface area contributed by atoms with E-state index in [1.165, 1.54) is 51.6 Å². The maximum absolute atomic E-state index is 5.47. The third-order valence-electron chi connectivity index (χ3n) is 4.57. The molecule has 0 spiro atoms. The molecule has 0 aromatic carbocycles. The van der Waals surface area contributed by atoms with Crippen molar-refractivity contribution in [2.45, 2.75) is 57.5 Å². The Morgan fingerprint density at radius 3 is 2.56 bits per heavy atom. The van der Waals surface area contributed by atoms with Crippen molar-refractivity contribution in [1.82, 2.24) is 10.2 Å². The lowest BCUT2D eigenvalue weighted by atomic mass is 9.90. The molecule has 1 aliphatic heterocycles. The van der Waals surface area contributed by atoms with Crippen LogP contribution in [-0.2, 0) is 4.74 Å². The first-order chi connectivity index (χ1) is 8.79. The van der Waals surface area contributed by atoms with Crippen LogP contribution in [0, 0.1) is 5.92 Å². The second-order valence-electron chi connectivity index (χ2n) is 6.13. The summed E-state index contributed by atoms with van der Waals surface area (Å²) in [6, 6.07) is 1.59. The fraction of sp³-hybridized carbons (Fsp3) is 1.00. The molecule has 1 heterocycles. The molecule has 1 N–H and O–H groups in total. The topological polar surface area (TPSA) is 24.5 Å². The monoisotopic (exact) mass is 254 g/mol. The van der Waals surface area contributed by atoms with Crippen LogP contribution in [0.15, 0.2) is 0 Å². The molecule has 0 aromatic heterocycles. The van der Waals surface area contributed by atoms with Gasteiger partial charge in [-0.3, -0.25) is 0 Å². The van der Waals surface area contributed by atoms with Crippen molar-refractivity contribution >= 4 is 0 Å². The van der Waals surface area contributed by atoms with Crippen molar-refractivity contribution in [2.24, 2.45) is 5.92 Å². The van der Waals surface area contributed by atoms with E-state index in [9.17, 15) is 0 Å². The lowest BCUT2D eigenvalue weighted by Crippen LogP contribution is -2.42. The van der Waals surface area contributed by atoms with Crippen LogP contribution < -0.4 is 5.32 Å². The van der Waals surface area contributed by atoms with E-state index in [-0.39, 0.29) is 0 Å². The summed E-state index contributed by atoms with van der Waals surface area (Å²) in [5.41, 5.74) is 0. The van der Waals surface area contributed by atoms with E-state index >= 15 is 0 Å². The summed E-state index contributed by atoms with van der Waals surface area (Å²) in [4.78, 5) is 2.59. The highest BCUT2D eigenvalue weighted by molar-refractivity contribution is 4.83. The molecule has 3 nitrogen and oxygen atoms in total. The molecular weight excluding hydrogens is 224 g/mol. The van der Waals surface area contributed by atoms with Crippen LogP contribution in [0.1, 0.15) is 45.4 Å². The second kappa shape index (κ2) is 7.46. The quantitative estimate of drug-likeness (QED) is 0.787. The molecule has 2 fully saturated rings. The van der Waals surface area contributed by atoms with Gasteiger partial charge in [0.25, 0.3) is 0 Å². The lowest BCUT2D eigenvalue weighted by molar-refractivity contribution is 0.137. The summed E-state index contributed by atoms with van der Waals surface area (Å²) < 4.78 is 5.47. The molecule has 1 aliphatic carbocycles. The fourth-order valence-electron chi connectivity index (χ4n) is 3.35. The molecule has 18 heavy (non-hydrogen) atoms. The Hall–Kier alpha value is -0.120. The third-order valence-corrected chi connectivity index (χ3v) is 4.57. The van der Waals surface area contributed by atoms with Crippen LogP contribution in [0.2, 0.25) is 0 Å². The van der Waals surface area contributed by atoms with Crippen molar-refractivity contribution in [3.05, 3.63) is 0 Å². The SMILES string of the molecule is CCCNC1CCC(N(C)CC2CCOC2)CC1. The van der Waals surface area contributed by atoms with Gasteiger partial charge in [0.1, 0.15) is 0 Å². The zero-order valence-electron chi connectivity index (χ0n) is 12.2. The first kappa shape index (κ1) is 14.3. The van der Waals surface area contributed by atoms with Crippen LogP contribution in [0.5, 0.6) is 0 Å². The summed E-state index contributed by atoms with van der Waals surface area (Å²) in [7, 11) is 2.31. The van der Waals surface area contributed by atoms with Crippen molar-refractivity contribution in [3.8, 4) is 0 Å². The minimum Gasteiger partial charge on any atom is -0.381 e. The molecule has 1 atom stereocenters. The van der Waals surface area contributed by atoms with Crippen molar-refractivity contribution < 1.29 is 4.74 Å². The van der Waals surface area contributed by atoms with Gasteiger partial charge in [-0.05, 0) is 58.0 Å². The molecule has 1 unspecified atom stereocenters. The minimum atomic E-state index is 0.782. The van der Waals surface area contributed by atoms with Crippen LogP contribution >= 0.6 is 0 Å². The summed E-state index contributed by atoms with van der Waals surface area (Å²) >= 11 is 0. The van der Waals surface area contributed by atoms with Crippen molar-refractivity contribution in [2.75, 3.05) is 33.4 Å². The first-order valence-electron chi connectivity index (χ1n) is 7.81. The molecule has 2 aliphatic rings. The van der Waals surface area contributed by atoms with Crippen molar-refractivity contribution in [3.63, 3.8) is 0 Å². The third kappa shape index (κ3) is 4.22. The average Bonchev–Trinajstić information content (AvgIpc) is 2.89. The van der Waals surface area contributed by atoms with E-state index in [2.05, 4.69) is 24.2 Å². The largest absolute Gasteiger partial charge is 0.381 e. The minimum absolute atomic E-state index is 0.782. The Balaban J connectivity index is 1.65. The summed E-state index contributed by atoms with van der Waals surface area (Å²) in [6.07, 6.45) is 7.96. The van der Waals surface area contributed by atoms with Gasteiger partial charge in [0.2, 0.25) is 0 Å². The predicted molar refractivity (Wildman–Crippen MR) is 75.9 cm³/mol. The van der Waals surface area contributed by atoms with Crippen molar-refractivity contribution in [1.29, 1.82) is 0 Å². The highest BCUT2D eigenvalue weighted by atomic mass is 16.5. The van der Waals surface area contributed by atoms with E-state index in [0.29, 0.717) is 0 Å². The molecule has 3 heteroatoms. The molecule has 1 saturated heterocycles. The number of hydrogen-bond acceptors (Lipinski definition) is 3. The molecule has 2 rings (SSSR count). The highest BCUT2D eigenvalue weighted by Gasteiger charge is 2.26. The number of nitrogens with one attached hydrogen (secondary N) is 1. The van der Waals surface area contributed by atoms with Gasteiger partial charge in [-0.2, -0.15) is 0 Å². The molecule has 106 valence electrons. The summed E-state index contributed by atoms with van der Waals surface area (Å²) in [5.74, 6) is 0.783. The standard InChI is InChI=1S/C15H30N2O/c1-3-9-16-14-4-6-15(7-5-14)17(2)11-13-8-10-18-12-13/h13-16H,3-12H2,1-2H3. The molecule has 0 bridgehead atoms. The Labute approximate surface area is 112 Å². The van der Waals surface area contributed by atoms with Gasteiger partial charge in [0, 0.05) is 25.2 Å². The molecule has 0 aromatic rings. The number of nitrogens with zero attached hydrogens (tertiary/aromatic N) is 1. The maximum Gasteiger partial charge on any atom is 0.0507 e. The number of hydrogen-bond donors (Lipinski definition) is 1. The Bertz CT molecular complexity index is 221. The lowest BCUT2D eigenvalue weighted by Gasteiger charge is -2.36.